The summed E-state index contributed by atoms with van der Waals surface area (Å²) in [7, 11) is 1.33. The molecular weight excluding hydrogens is 256 g/mol. The second-order valence-corrected chi connectivity index (χ2v) is 5.39. The van der Waals surface area contributed by atoms with Crippen LogP contribution in [0.1, 0.15) is 36.1 Å². The van der Waals surface area contributed by atoms with Crippen LogP contribution in [0.15, 0.2) is 6.07 Å². The molecular formula is C14H22N4O2. The van der Waals surface area contributed by atoms with Gasteiger partial charge in [-0.25, -0.2) is 14.8 Å². The lowest BCUT2D eigenvalue weighted by Crippen LogP contribution is -2.42. The summed E-state index contributed by atoms with van der Waals surface area (Å²) in [5.74, 6) is 0.852. The molecule has 1 aromatic heterocycles. The Kier molecular flexibility index (Phi) is 4.54. The van der Waals surface area contributed by atoms with E-state index < -0.39 is 5.97 Å². The molecule has 0 aliphatic carbocycles. The molecule has 2 atom stereocenters. The van der Waals surface area contributed by atoms with Gasteiger partial charge in [-0.15, -0.1) is 0 Å². The van der Waals surface area contributed by atoms with E-state index in [1.54, 1.807) is 0 Å². The van der Waals surface area contributed by atoms with Gasteiger partial charge in [-0.1, -0.05) is 0 Å². The van der Waals surface area contributed by atoms with Gasteiger partial charge < -0.3 is 15.4 Å². The highest BCUT2D eigenvalue weighted by atomic mass is 16.5. The first-order valence-electron chi connectivity index (χ1n) is 6.95. The molecule has 0 amide bonds. The number of hydrogen-bond acceptors (Lipinski definition) is 6. The van der Waals surface area contributed by atoms with Crippen LogP contribution < -0.4 is 10.6 Å². The van der Waals surface area contributed by atoms with Gasteiger partial charge >= 0.3 is 5.97 Å². The van der Waals surface area contributed by atoms with Crippen molar-refractivity contribution in [2.24, 2.45) is 11.7 Å². The Hall–Kier alpha value is -1.69. The highest BCUT2D eigenvalue weighted by Gasteiger charge is 2.24. The quantitative estimate of drug-likeness (QED) is 0.835. The van der Waals surface area contributed by atoms with Gasteiger partial charge in [0.05, 0.1) is 7.11 Å². The number of piperidine rings is 1. The van der Waals surface area contributed by atoms with E-state index >= 15 is 0 Å². The van der Waals surface area contributed by atoms with E-state index in [4.69, 9.17) is 10.5 Å². The van der Waals surface area contributed by atoms with Crippen LogP contribution in [0.4, 0.5) is 5.82 Å². The maximum absolute atomic E-state index is 11.6. The fourth-order valence-corrected chi connectivity index (χ4v) is 2.54. The monoisotopic (exact) mass is 278 g/mol. The Bertz CT molecular complexity index is 490. The van der Waals surface area contributed by atoms with E-state index in [0.717, 1.165) is 37.4 Å². The number of esters is 1. The van der Waals surface area contributed by atoms with Crippen molar-refractivity contribution < 1.29 is 9.53 Å². The third-order valence-electron chi connectivity index (χ3n) is 3.73. The molecule has 0 saturated carbocycles. The Morgan fingerprint density at radius 3 is 2.95 bits per heavy atom. The maximum Gasteiger partial charge on any atom is 0.376 e. The van der Waals surface area contributed by atoms with Crippen molar-refractivity contribution in [3.05, 3.63) is 17.6 Å². The van der Waals surface area contributed by atoms with Crippen molar-refractivity contribution >= 4 is 11.8 Å². The van der Waals surface area contributed by atoms with Crippen LogP contribution in [0.25, 0.3) is 0 Å². The SMILES string of the molecule is COC(=O)c1nc(C)cc(N2CCCC(C(C)N)C2)n1. The predicted octanol–water partition coefficient (Wildman–Crippen LogP) is 1.14. The summed E-state index contributed by atoms with van der Waals surface area (Å²) in [5.41, 5.74) is 6.77. The number of carbonyl (C=O) groups excluding carboxylic acids is 1. The molecule has 6 heteroatoms. The molecule has 0 spiro atoms. The molecule has 1 aromatic rings. The number of carbonyl (C=O) groups is 1. The zero-order valence-electron chi connectivity index (χ0n) is 12.3. The largest absolute Gasteiger partial charge is 0.463 e. The number of nitrogens with zero attached hydrogens (tertiary/aromatic N) is 3. The molecule has 0 bridgehead atoms. The zero-order chi connectivity index (χ0) is 14.7. The van der Waals surface area contributed by atoms with Crippen LogP contribution in [0.5, 0.6) is 0 Å². The van der Waals surface area contributed by atoms with E-state index in [2.05, 4.69) is 14.9 Å². The number of ether oxygens (including phenoxy) is 1. The Morgan fingerprint density at radius 2 is 2.30 bits per heavy atom. The first-order valence-corrected chi connectivity index (χ1v) is 6.95. The molecule has 6 nitrogen and oxygen atoms in total. The number of anilines is 1. The van der Waals surface area contributed by atoms with E-state index in [1.807, 2.05) is 19.9 Å². The van der Waals surface area contributed by atoms with Crippen molar-refractivity contribution in [3.8, 4) is 0 Å². The van der Waals surface area contributed by atoms with Gasteiger partial charge in [-0.2, -0.15) is 0 Å². The molecule has 1 saturated heterocycles. The smallest absolute Gasteiger partial charge is 0.376 e. The summed E-state index contributed by atoms with van der Waals surface area (Å²) in [6.45, 7) is 5.69. The van der Waals surface area contributed by atoms with E-state index in [0.29, 0.717) is 5.92 Å². The number of aromatic nitrogens is 2. The summed E-state index contributed by atoms with van der Waals surface area (Å²) in [4.78, 5) is 22.2. The van der Waals surface area contributed by atoms with Crippen LogP contribution >= 0.6 is 0 Å². The van der Waals surface area contributed by atoms with Gasteiger partial charge in [0.2, 0.25) is 5.82 Å². The fourth-order valence-electron chi connectivity index (χ4n) is 2.54. The fraction of sp³-hybridized carbons (Fsp3) is 0.643. The first kappa shape index (κ1) is 14.7. The molecule has 0 aromatic carbocycles. The van der Waals surface area contributed by atoms with Gasteiger partial charge in [0, 0.05) is 30.9 Å². The molecule has 2 unspecified atom stereocenters. The minimum atomic E-state index is -0.504. The Balaban J connectivity index is 2.23. The van der Waals surface area contributed by atoms with Crippen LogP contribution in [0.3, 0.4) is 0 Å². The highest BCUT2D eigenvalue weighted by Crippen LogP contribution is 2.23. The molecule has 0 radical (unpaired) electrons. The van der Waals surface area contributed by atoms with E-state index in [-0.39, 0.29) is 11.9 Å². The van der Waals surface area contributed by atoms with Crippen LogP contribution in [0.2, 0.25) is 0 Å². The Labute approximate surface area is 119 Å². The van der Waals surface area contributed by atoms with Gasteiger partial charge in [-0.05, 0) is 32.6 Å². The third kappa shape index (κ3) is 3.25. The van der Waals surface area contributed by atoms with E-state index in [9.17, 15) is 4.79 Å². The second-order valence-electron chi connectivity index (χ2n) is 5.39. The van der Waals surface area contributed by atoms with Crippen molar-refractivity contribution in [2.45, 2.75) is 32.7 Å². The molecule has 1 aliphatic heterocycles. The van der Waals surface area contributed by atoms with Crippen LogP contribution in [-0.2, 0) is 4.74 Å². The van der Waals surface area contributed by atoms with Crippen molar-refractivity contribution in [1.29, 1.82) is 0 Å². The lowest BCUT2D eigenvalue weighted by atomic mass is 9.92. The van der Waals surface area contributed by atoms with Gasteiger partial charge in [0.1, 0.15) is 5.82 Å². The minimum absolute atomic E-state index is 0.116. The summed E-state index contributed by atoms with van der Waals surface area (Å²) in [6.07, 6.45) is 2.23. The van der Waals surface area contributed by atoms with Crippen molar-refractivity contribution in [1.82, 2.24) is 9.97 Å². The average molecular weight is 278 g/mol. The topological polar surface area (TPSA) is 81.3 Å². The van der Waals surface area contributed by atoms with Gasteiger partial charge in [-0.3, -0.25) is 0 Å². The molecule has 1 fully saturated rings. The minimum Gasteiger partial charge on any atom is -0.463 e. The van der Waals surface area contributed by atoms with Crippen molar-refractivity contribution in [2.75, 3.05) is 25.1 Å². The van der Waals surface area contributed by atoms with Crippen molar-refractivity contribution in [3.63, 3.8) is 0 Å². The summed E-state index contributed by atoms with van der Waals surface area (Å²) in [5, 5.41) is 0. The maximum atomic E-state index is 11.6. The first-order chi connectivity index (χ1) is 9.51. The molecule has 2 rings (SSSR count). The molecule has 1 aliphatic rings. The summed E-state index contributed by atoms with van der Waals surface area (Å²) >= 11 is 0. The normalized spacial score (nSPS) is 20.6. The number of aryl methyl sites for hydroxylation is 1. The number of methoxy groups -OCH3 is 1. The van der Waals surface area contributed by atoms with E-state index in [1.165, 1.54) is 7.11 Å². The number of rotatable bonds is 3. The lowest BCUT2D eigenvalue weighted by Gasteiger charge is -2.35. The molecule has 20 heavy (non-hydrogen) atoms. The molecule has 2 N–H and O–H groups in total. The lowest BCUT2D eigenvalue weighted by molar-refractivity contribution is 0.0586. The number of nitrogens with two attached hydrogens (primary N) is 1. The van der Waals surface area contributed by atoms with Crippen LogP contribution in [-0.4, -0.2) is 42.2 Å². The highest BCUT2D eigenvalue weighted by molar-refractivity contribution is 5.85. The van der Waals surface area contributed by atoms with Gasteiger partial charge in [0.15, 0.2) is 0 Å². The molecule has 2 heterocycles. The van der Waals surface area contributed by atoms with Gasteiger partial charge in [0.25, 0.3) is 0 Å². The standard InChI is InChI=1S/C14H22N4O2/c1-9-7-12(17-13(16-9)14(19)20-3)18-6-4-5-11(8-18)10(2)15/h7,10-11H,4-6,8,15H2,1-3H3. The predicted molar refractivity (Wildman–Crippen MR) is 76.7 cm³/mol. The molecule has 110 valence electrons. The summed E-state index contributed by atoms with van der Waals surface area (Å²) < 4.78 is 4.69. The second kappa shape index (κ2) is 6.17. The van der Waals surface area contributed by atoms with Crippen LogP contribution in [0, 0.1) is 12.8 Å². The number of hydrogen-bond donors (Lipinski definition) is 1. The third-order valence-corrected chi connectivity index (χ3v) is 3.73. The summed E-state index contributed by atoms with van der Waals surface area (Å²) in [6, 6.07) is 2.07. The zero-order valence-corrected chi connectivity index (χ0v) is 12.3. The average Bonchev–Trinajstić information content (AvgIpc) is 2.45. The Morgan fingerprint density at radius 1 is 1.55 bits per heavy atom.